The molecule has 0 aliphatic carbocycles. The van der Waals surface area contributed by atoms with E-state index in [-0.39, 0.29) is 17.7 Å². The molecule has 0 bridgehead atoms. The van der Waals surface area contributed by atoms with Gasteiger partial charge in [-0.15, -0.1) is 0 Å². The highest BCUT2D eigenvalue weighted by atomic mass is 35.5. The third-order valence-electron chi connectivity index (χ3n) is 3.18. The Morgan fingerprint density at radius 2 is 2.00 bits per heavy atom. The number of urea groups is 1. The lowest BCUT2D eigenvalue weighted by Crippen LogP contribution is -2.32. The maximum atomic E-state index is 12.9. The Bertz CT molecular complexity index is 707. The summed E-state index contributed by atoms with van der Waals surface area (Å²) in [6.07, 6.45) is 0. The molecule has 0 saturated heterocycles. The van der Waals surface area contributed by atoms with Crippen LogP contribution in [0.5, 0.6) is 5.75 Å². The number of halogens is 2. The smallest absolute Gasteiger partial charge is 0.319 e. The molecule has 0 aliphatic heterocycles. The molecule has 2 aromatic rings. The second kappa shape index (κ2) is 7.83. The van der Waals surface area contributed by atoms with Crippen LogP contribution in [0.1, 0.15) is 11.1 Å². The summed E-state index contributed by atoms with van der Waals surface area (Å²) in [7, 11) is 0. The summed E-state index contributed by atoms with van der Waals surface area (Å²) in [5.74, 6) is -0.0434. The number of carbonyl (C=O) groups excluding carboxylic acids is 1. The van der Waals surface area contributed by atoms with E-state index in [2.05, 4.69) is 10.6 Å². The molecule has 0 aliphatic rings. The van der Waals surface area contributed by atoms with Gasteiger partial charge in [-0.1, -0.05) is 23.7 Å². The molecule has 2 aromatic carbocycles. The second-order valence-electron chi connectivity index (χ2n) is 5.12. The number of ether oxygens (including phenoxy) is 1. The predicted molar refractivity (Wildman–Crippen MR) is 89.8 cm³/mol. The van der Waals surface area contributed by atoms with Crippen LogP contribution in [0.3, 0.4) is 0 Å². The van der Waals surface area contributed by atoms with Crippen LogP contribution in [0.2, 0.25) is 5.02 Å². The van der Waals surface area contributed by atoms with Gasteiger partial charge in [0.2, 0.25) is 0 Å². The van der Waals surface area contributed by atoms with Gasteiger partial charge in [0.15, 0.2) is 0 Å². The van der Waals surface area contributed by atoms with Crippen molar-refractivity contribution in [3.05, 3.63) is 58.4 Å². The van der Waals surface area contributed by atoms with Crippen molar-refractivity contribution in [1.29, 1.82) is 0 Å². The molecule has 122 valence electrons. The lowest BCUT2D eigenvalue weighted by Gasteiger charge is -2.12. The maximum absolute atomic E-state index is 12.9. The van der Waals surface area contributed by atoms with E-state index in [4.69, 9.17) is 16.3 Å². The Kier molecular flexibility index (Phi) is 5.82. The third kappa shape index (κ3) is 5.14. The number of hydrogen-bond acceptors (Lipinski definition) is 2. The fourth-order valence-corrected chi connectivity index (χ4v) is 2.18. The maximum Gasteiger partial charge on any atom is 0.319 e. The number of aryl methyl sites for hydroxylation is 2. The number of nitrogens with one attached hydrogen (secondary N) is 2. The van der Waals surface area contributed by atoms with E-state index in [9.17, 15) is 9.18 Å². The fraction of sp³-hybridized carbons (Fsp3) is 0.235. The molecule has 0 radical (unpaired) electrons. The number of benzene rings is 2. The molecule has 23 heavy (non-hydrogen) atoms. The van der Waals surface area contributed by atoms with Crippen molar-refractivity contribution in [3.8, 4) is 5.75 Å². The molecule has 0 fully saturated rings. The summed E-state index contributed by atoms with van der Waals surface area (Å²) < 4.78 is 18.3. The number of rotatable bonds is 5. The minimum atomic E-state index is -0.423. The highest BCUT2D eigenvalue weighted by Gasteiger charge is 2.06. The molecule has 0 aromatic heterocycles. The summed E-state index contributed by atoms with van der Waals surface area (Å²) in [4.78, 5) is 11.8. The van der Waals surface area contributed by atoms with Gasteiger partial charge in [0, 0.05) is 5.69 Å². The SMILES string of the molecule is Cc1ccc(C)c(NC(=O)NCCOc2ccc(F)cc2Cl)c1. The molecule has 6 heteroatoms. The number of carbonyl (C=O) groups is 1. The molecule has 2 rings (SSSR count). The standard InChI is InChI=1S/C17H18ClFN2O2/c1-11-3-4-12(2)15(9-11)21-17(22)20-7-8-23-16-6-5-13(19)10-14(16)18/h3-6,9-10H,7-8H2,1-2H3,(H2,20,21,22). The van der Waals surface area contributed by atoms with Gasteiger partial charge in [-0.25, -0.2) is 9.18 Å². The van der Waals surface area contributed by atoms with E-state index in [1.807, 2.05) is 32.0 Å². The van der Waals surface area contributed by atoms with Gasteiger partial charge in [0.25, 0.3) is 0 Å². The Hall–Kier alpha value is -2.27. The van der Waals surface area contributed by atoms with Crippen molar-refractivity contribution >= 4 is 23.3 Å². The number of hydrogen-bond donors (Lipinski definition) is 2. The van der Waals surface area contributed by atoms with E-state index >= 15 is 0 Å². The first-order chi connectivity index (χ1) is 11.0. The van der Waals surface area contributed by atoms with E-state index in [0.717, 1.165) is 16.8 Å². The summed E-state index contributed by atoms with van der Waals surface area (Å²) in [5, 5.41) is 5.67. The Labute approximate surface area is 139 Å². The quantitative estimate of drug-likeness (QED) is 0.800. The topological polar surface area (TPSA) is 50.4 Å². The van der Waals surface area contributed by atoms with Crippen LogP contribution < -0.4 is 15.4 Å². The molecule has 0 unspecified atom stereocenters. The number of anilines is 1. The lowest BCUT2D eigenvalue weighted by atomic mass is 10.1. The zero-order valence-electron chi connectivity index (χ0n) is 13.0. The average Bonchev–Trinajstić information content (AvgIpc) is 2.49. The lowest BCUT2D eigenvalue weighted by molar-refractivity contribution is 0.247. The predicted octanol–water partition coefficient (Wildman–Crippen LogP) is 4.30. The molecule has 4 nitrogen and oxygen atoms in total. The summed E-state index contributed by atoms with van der Waals surface area (Å²) in [6.45, 7) is 4.41. The molecule has 2 amide bonds. The number of amides is 2. The molecule has 0 saturated carbocycles. The van der Waals surface area contributed by atoms with Gasteiger partial charge in [0.05, 0.1) is 11.6 Å². The summed E-state index contributed by atoms with van der Waals surface area (Å²) in [6, 6.07) is 9.42. The molecule has 0 atom stereocenters. The van der Waals surface area contributed by atoms with E-state index < -0.39 is 5.82 Å². The van der Waals surface area contributed by atoms with Crippen molar-refractivity contribution in [3.63, 3.8) is 0 Å². The van der Waals surface area contributed by atoms with Gasteiger partial charge in [0.1, 0.15) is 18.2 Å². The minimum absolute atomic E-state index is 0.199. The van der Waals surface area contributed by atoms with Crippen LogP contribution in [0.25, 0.3) is 0 Å². The summed E-state index contributed by atoms with van der Waals surface area (Å²) >= 11 is 5.85. The fourth-order valence-electron chi connectivity index (χ4n) is 1.95. The first-order valence-corrected chi connectivity index (χ1v) is 7.53. The van der Waals surface area contributed by atoms with E-state index in [1.165, 1.54) is 18.2 Å². The highest BCUT2D eigenvalue weighted by Crippen LogP contribution is 2.24. The zero-order valence-corrected chi connectivity index (χ0v) is 13.7. The van der Waals surface area contributed by atoms with Gasteiger partial charge in [-0.05, 0) is 49.2 Å². The highest BCUT2D eigenvalue weighted by molar-refractivity contribution is 6.32. The first-order valence-electron chi connectivity index (χ1n) is 7.15. The first kappa shape index (κ1) is 17.1. The average molecular weight is 337 g/mol. The molecule has 2 N–H and O–H groups in total. The van der Waals surface area contributed by atoms with Crippen LogP contribution in [-0.2, 0) is 0 Å². The zero-order chi connectivity index (χ0) is 16.8. The monoisotopic (exact) mass is 336 g/mol. The van der Waals surface area contributed by atoms with Crippen molar-refractivity contribution < 1.29 is 13.9 Å². The van der Waals surface area contributed by atoms with Crippen LogP contribution in [-0.4, -0.2) is 19.2 Å². The van der Waals surface area contributed by atoms with Crippen LogP contribution >= 0.6 is 11.6 Å². The van der Waals surface area contributed by atoms with E-state index in [0.29, 0.717) is 12.3 Å². The largest absolute Gasteiger partial charge is 0.490 e. The van der Waals surface area contributed by atoms with Crippen LogP contribution in [0.4, 0.5) is 14.9 Å². The molecular weight excluding hydrogens is 319 g/mol. The van der Waals surface area contributed by atoms with Crippen molar-refractivity contribution in [1.82, 2.24) is 5.32 Å². The summed E-state index contributed by atoms with van der Waals surface area (Å²) in [5.41, 5.74) is 2.82. The van der Waals surface area contributed by atoms with Crippen molar-refractivity contribution in [2.24, 2.45) is 0 Å². The van der Waals surface area contributed by atoms with Crippen molar-refractivity contribution in [2.45, 2.75) is 13.8 Å². The van der Waals surface area contributed by atoms with Crippen molar-refractivity contribution in [2.75, 3.05) is 18.5 Å². The van der Waals surface area contributed by atoms with Crippen LogP contribution in [0, 0.1) is 19.7 Å². The third-order valence-corrected chi connectivity index (χ3v) is 3.48. The van der Waals surface area contributed by atoms with Gasteiger partial charge < -0.3 is 15.4 Å². The van der Waals surface area contributed by atoms with Gasteiger partial charge in [-0.3, -0.25) is 0 Å². The Morgan fingerprint density at radius 1 is 1.22 bits per heavy atom. The van der Waals surface area contributed by atoms with Gasteiger partial charge >= 0.3 is 6.03 Å². The molecule has 0 spiro atoms. The van der Waals surface area contributed by atoms with E-state index in [1.54, 1.807) is 0 Å². The minimum Gasteiger partial charge on any atom is -0.490 e. The normalized spacial score (nSPS) is 10.3. The molecular formula is C17H18ClFN2O2. The Morgan fingerprint density at radius 3 is 2.74 bits per heavy atom. The second-order valence-corrected chi connectivity index (χ2v) is 5.53. The van der Waals surface area contributed by atoms with Crippen LogP contribution in [0.15, 0.2) is 36.4 Å². The Balaban J connectivity index is 1.77. The van der Waals surface area contributed by atoms with Gasteiger partial charge in [-0.2, -0.15) is 0 Å². The molecule has 0 heterocycles.